The number of ether oxygens (including phenoxy) is 1. The van der Waals surface area contributed by atoms with Gasteiger partial charge in [0.25, 0.3) is 0 Å². The van der Waals surface area contributed by atoms with Gasteiger partial charge in [0.1, 0.15) is 0 Å². The van der Waals surface area contributed by atoms with Crippen molar-refractivity contribution in [2.24, 2.45) is 0 Å². The van der Waals surface area contributed by atoms with Crippen molar-refractivity contribution >= 4 is 28.3 Å². The molecule has 1 atom stereocenters. The van der Waals surface area contributed by atoms with Crippen LogP contribution in [0.5, 0.6) is 0 Å². The Labute approximate surface area is 116 Å². The predicted molar refractivity (Wildman–Crippen MR) is 78.3 cm³/mol. The Morgan fingerprint density at radius 2 is 2.00 bits per heavy atom. The van der Waals surface area contributed by atoms with Crippen molar-refractivity contribution in [3.05, 3.63) is 27.8 Å². The van der Waals surface area contributed by atoms with Gasteiger partial charge in [0.05, 0.1) is 5.60 Å². The zero-order valence-electron chi connectivity index (χ0n) is 9.92. The van der Waals surface area contributed by atoms with E-state index in [0.29, 0.717) is 6.04 Å². The van der Waals surface area contributed by atoms with Crippen molar-refractivity contribution in [2.45, 2.75) is 43.7 Å². The molecule has 1 N–H and O–H groups in total. The summed E-state index contributed by atoms with van der Waals surface area (Å²) in [5, 5.41) is 3.65. The number of rotatable bonds is 2. The van der Waals surface area contributed by atoms with Crippen LogP contribution in [-0.2, 0) is 4.74 Å². The Kier molecular flexibility index (Phi) is 3.30. The minimum atomic E-state index is 0.235. The standard InChI is InChI=1S/C14H18INO/c15-11-2-4-12(5-3-11)16-13-6-9-17-14(10-13)7-1-8-14/h2-5,13,16H,1,6-10H2. The summed E-state index contributed by atoms with van der Waals surface area (Å²) in [5.41, 5.74) is 1.48. The molecule has 1 aromatic carbocycles. The molecule has 2 aliphatic rings. The van der Waals surface area contributed by atoms with Gasteiger partial charge in [0, 0.05) is 21.9 Å². The summed E-state index contributed by atoms with van der Waals surface area (Å²) in [7, 11) is 0. The second kappa shape index (κ2) is 4.76. The first-order valence-corrected chi connectivity index (χ1v) is 7.50. The molecule has 1 unspecified atom stereocenters. The van der Waals surface area contributed by atoms with Crippen molar-refractivity contribution in [3.63, 3.8) is 0 Å². The van der Waals surface area contributed by atoms with Crippen LogP contribution in [0, 0.1) is 3.57 Å². The highest BCUT2D eigenvalue weighted by Gasteiger charge is 2.42. The molecule has 0 bridgehead atoms. The average Bonchev–Trinajstić information content (AvgIpc) is 2.31. The lowest BCUT2D eigenvalue weighted by Gasteiger charge is -2.47. The number of hydrogen-bond donors (Lipinski definition) is 1. The molecule has 92 valence electrons. The molecular formula is C14H18INO. The van der Waals surface area contributed by atoms with E-state index in [1.54, 1.807) is 0 Å². The van der Waals surface area contributed by atoms with E-state index in [4.69, 9.17) is 4.74 Å². The lowest BCUT2D eigenvalue weighted by molar-refractivity contribution is -0.130. The van der Waals surface area contributed by atoms with E-state index < -0.39 is 0 Å². The normalized spacial score (nSPS) is 26.5. The topological polar surface area (TPSA) is 21.3 Å². The van der Waals surface area contributed by atoms with Crippen LogP contribution in [0.4, 0.5) is 5.69 Å². The van der Waals surface area contributed by atoms with Crippen molar-refractivity contribution < 1.29 is 4.74 Å². The molecule has 0 amide bonds. The first-order chi connectivity index (χ1) is 8.26. The van der Waals surface area contributed by atoms with Crippen LogP contribution in [0.3, 0.4) is 0 Å². The number of halogens is 1. The van der Waals surface area contributed by atoms with Gasteiger partial charge in [-0.1, -0.05) is 0 Å². The van der Waals surface area contributed by atoms with Crippen LogP contribution in [0.15, 0.2) is 24.3 Å². The number of hydrogen-bond acceptors (Lipinski definition) is 2. The fraction of sp³-hybridized carbons (Fsp3) is 0.571. The SMILES string of the molecule is Ic1ccc(NC2CCOC3(CCC3)C2)cc1. The molecule has 1 heterocycles. The van der Waals surface area contributed by atoms with Crippen LogP contribution in [0.25, 0.3) is 0 Å². The molecule has 2 fully saturated rings. The van der Waals surface area contributed by atoms with Crippen LogP contribution in [0.2, 0.25) is 0 Å². The van der Waals surface area contributed by atoms with E-state index in [0.717, 1.165) is 13.0 Å². The Hall–Kier alpha value is -0.290. The van der Waals surface area contributed by atoms with Crippen LogP contribution in [0.1, 0.15) is 32.1 Å². The highest BCUT2D eigenvalue weighted by Crippen LogP contribution is 2.42. The Morgan fingerprint density at radius 1 is 1.24 bits per heavy atom. The van der Waals surface area contributed by atoms with Gasteiger partial charge < -0.3 is 10.1 Å². The van der Waals surface area contributed by atoms with Crippen molar-refractivity contribution in [1.29, 1.82) is 0 Å². The summed E-state index contributed by atoms with van der Waals surface area (Å²) < 4.78 is 7.23. The minimum absolute atomic E-state index is 0.235. The molecule has 1 spiro atoms. The van der Waals surface area contributed by atoms with E-state index >= 15 is 0 Å². The zero-order chi connectivity index (χ0) is 11.7. The smallest absolute Gasteiger partial charge is 0.0702 e. The summed E-state index contributed by atoms with van der Waals surface area (Å²) >= 11 is 2.34. The largest absolute Gasteiger partial charge is 0.382 e. The number of benzene rings is 1. The third-order valence-electron chi connectivity index (χ3n) is 3.97. The first kappa shape index (κ1) is 11.8. The Morgan fingerprint density at radius 3 is 2.65 bits per heavy atom. The molecule has 0 radical (unpaired) electrons. The monoisotopic (exact) mass is 343 g/mol. The second-order valence-electron chi connectivity index (χ2n) is 5.23. The Bertz CT molecular complexity index is 386. The van der Waals surface area contributed by atoms with E-state index in [2.05, 4.69) is 52.2 Å². The molecule has 1 aliphatic carbocycles. The summed E-state index contributed by atoms with van der Waals surface area (Å²) in [5.74, 6) is 0. The molecule has 0 aromatic heterocycles. The summed E-state index contributed by atoms with van der Waals surface area (Å²) in [6.07, 6.45) is 6.18. The van der Waals surface area contributed by atoms with Crippen molar-refractivity contribution in [2.75, 3.05) is 11.9 Å². The fourth-order valence-electron chi connectivity index (χ4n) is 2.85. The maximum Gasteiger partial charge on any atom is 0.0702 e. The summed E-state index contributed by atoms with van der Waals surface area (Å²) in [6.45, 7) is 0.919. The molecular weight excluding hydrogens is 325 g/mol. The lowest BCUT2D eigenvalue weighted by Crippen LogP contribution is -2.48. The number of anilines is 1. The molecule has 2 nitrogen and oxygen atoms in total. The average molecular weight is 343 g/mol. The van der Waals surface area contributed by atoms with E-state index in [1.165, 1.54) is 34.9 Å². The van der Waals surface area contributed by atoms with E-state index in [1.807, 2.05) is 0 Å². The van der Waals surface area contributed by atoms with E-state index in [-0.39, 0.29) is 5.60 Å². The third-order valence-corrected chi connectivity index (χ3v) is 4.69. The fourth-order valence-corrected chi connectivity index (χ4v) is 3.21. The minimum Gasteiger partial charge on any atom is -0.382 e. The lowest BCUT2D eigenvalue weighted by atomic mass is 9.74. The van der Waals surface area contributed by atoms with Gasteiger partial charge in [-0.05, 0) is 79.0 Å². The van der Waals surface area contributed by atoms with Crippen LogP contribution < -0.4 is 5.32 Å². The molecule has 3 heteroatoms. The van der Waals surface area contributed by atoms with Crippen molar-refractivity contribution in [3.8, 4) is 0 Å². The molecule has 3 rings (SSSR count). The maximum absolute atomic E-state index is 5.95. The van der Waals surface area contributed by atoms with Gasteiger partial charge in [-0.2, -0.15) is 0 Å². The van der Waals surface area contributed by atoms with Gasteiger partial charge >= 0.3 is 0 Å². The molecule has 1 aromatic rings. The molecule has 1 aliphatic heterocycles. The van der Waals surface area contributed by atoms with E-state index in [9.17, 15) is 0 Å². The van der Waals surface area contributed by atoms with Crippen molar-refractivity contribution in [1.82, 2.24) is 0 Å². The molecule has 17 heavy (non-hydrogen) atoms. The van der Waals surface area contributed by atoms with Gasteiger partial charge in [-0.3, -0.25) is 0 Å². The van der Waals surface area contributed by atoms with Crippen LogP contribution >= 0.6 is 22.6 Å². The van der Waals surface area contributed by atoms with Gasteiger partial charge in [0.2, 0.25) is 0 Å². The van der Waals surface area contributed by atoms with Gasteiger partial charge in [-0.15, -0.1) is 0 Å². The van der Waals surface area contributed by atoms with Gasteiger partial charge in [-0.25, -0.2) is 0 Å². The molecule has 1 saturated heterocycles. The van der Waals surface area contributed by atoms with Crippen LogP contribution in [-0.4, -0.2) is 18.2 Å². The summed E-state index contributed by atoms with van der Waals surface area (Å²) in [4.78, 5) is 0. The molecule has 1 saturated carbocycles. The predicted octanol–water partition coefficient (Wildman–Crippen LogP) is 3.80. The third kappa shape index (κ3) is 2.60. The quantitative estimate of drug-likeness (QED) is 0.825. The maximum atomic E-state index is 5.95. The highest BCUT2D eigenvalue weighted by molar-refractivity contribution is 14.1. The Balaban J connectivity index is 1.63. The van der Waals surface area contributed by atoms with Gasteiger partial charge in [0.15, 0.2) is 0 Å². The summed E-state index contributed by atoms with van der Waals surface area (Å²) in [6, 6.07) is 9.24. The zero-order valence-corrected chi connectivity index (χ0v) is 12.1. The highest BCUT2D eigenvalue weighted by atomic mass is 127. The second-order valence-corrected chi connectivity index (χ2v) is 6.47. The first-order valence-electron chi connectivity index (χ1n) is 6.42. The number of nitrogens with one attached hydrogen (secondary N) is 1.